The topological polar surface area (TPSA) is 60.1 Å². The monoisotopic (exact) mass is 323 g/mol. The van der Waals surface area contributed by atoms with E-state index in [9.17, 15) is 4.79 Å². The van der Waals surface area contributed by atoms with Gasteiger partial charge in [0, 0.05) is 18.0 Å². The summed E-state index contributed by atoms with van der Waals surface area (Å²) in [5, 5.41) is 7.33. The zero-order valence-corrected chi connectivity index (χ0v) is 14.1. The quantitative estimate of drug-likeness (QED) is 0.781. The van der Waals surface area contributed by atoms with E-state index in [0.29, 0.717) is 0 Å². The number of hydrogen-bond acceptors (Lipinski definition) is 3. The van der Waals surface area contributed by atoms with E-state index < -0.39 is 6.04 Å². The first-order valence-corrected chi connectivity index (χ1v) is 7.97. The molecule has 0 radical (unpaired) electrons. The largest absolute Gasteiger partial charge is 0.466 e. The molecule has 3 aromatic rings. The molecule has 5 heteroatoms. The van der Waals surface area contributed by atoms with Crippen LogP contribution in [0.15, 0.2) is 59.3 Å². The van der Waals surface area contributed by atoms with Gasteiger partial charge in [-0.05, 0) is 38.5 Å². The number of rotatable bonds is 5. The van der Waals surface area contributed by atoms with E-state index in [2.05, 4.69) is 10.4 Å². The number of aromatic nitrogens is 2. The molecule has 0 unspecified atom stereocenters. The van der Waals surface area contributed by atoms with Crippen molar-refractivity contribution >= 4 is 5.91 Å². The molecule has 2 heterocycles. The summed E-state index contributed by atoms with van der Waals surface area (Å²) >= 11 is 0. The van der Waals surface area contributed by atoms with Crippen LogP contribution < -0.4 is 5.32 Å². The van der Waals surface area contributed by atoms with Crippen LogP contribution in [0.2, 0.25) is 0 Å². The van der Waals surface area contributed by atoms with Gasteiger partial charge in [0.15, 0.2) is 6.04 Å². The lowest BCUT2D eigenvalue weighted by Gasteiger charge is -2.21. The first kappa shape index (κ1) is 16.1. The summed E-state index contributed by atoms with van der Waals surface area (Å²) in [4.78, 5) is 12.9. The van der Waals surface area contributed by atoms with Crippen molar-refractivity contribution in [2.45, 2.75) is 32.9 Å². The molecule has 0 aliphatic carbocycles. The highest BCUT2D eigenvalue weighted by Crippen LogP contribution is 2.23. The molecule has 124 valence electrons. The zero-order valence-electron chi connectivity index (χ0n) is 14.1. The Kier molecular flexibility index (Phi) is 4.51. The van der Waals surface area contributed by atoms with Crippen LogP contribution in [-0.2, 0) is 4.79 Å². The maximum atomic E-state index is 12.9. The molecule has 5 nitrogen and oxygen atoms in total. The molecule has 0 spiro atoms. The fourth-order valence-corrected chi connectivity index (χ4v) is 2.94. The Bertz CT molecular complexity index is 807. The van der Waals surface area contributed by atoms with Crippen LogP contribution in [0.5, 0.6) is 0 Å². The van der Waals surface area contributed by atoms with Gasteiger partial charge in [0.2, 0.25) is 5.91 Å². The summed E-state index contributed by atoms with van der Waals surface area (Å²) in [6.07, 6.45) is 3.48. The highest BCUT2D eigenvalue weighted by molar-refractivity contribution is 5.83. The second kappa shape index (κ2) is 6.74. The number of nitrogens with one attached hydrogen (secondary N) is 1. The molecule has 0 aliphatic heterocycles. The van der Waals surface area contributed by atoms with Crippen molar-refractivity contribution < 1.29 is 9.21 Å². The van der Waals surface area contributed by atoms with Gasteiger partial charge in [-0.2, -0.15) is 5.10 Å². The molecule has 0 saturated heterocycles. The van der Waals surface area contributed by atoms with Gasteiger partial charge in [0.25, 0.3) is 0 Å². The van der Waals surface area contributed by atoms with Crippen LogP contribution in [0.1, 0.15) is 41.7 Å². The van der Waals surface area contributed by atoms with Crippen LogP contribution >= 0.6 is 0 Å². The Labute approximate surface area is 141 Å². The molecular weight excluding hydrogens is 302 g/mol. The van der Waals surface area contributed by atoms with Crippen molar-refractivity contribution in [3.8, 4) is 0 Å². The number of aryl methyl sites for hydroxylation is 2. The molecule has 1 N–H and O–H groups in total. The van der Waals surface area contributed by atoms with Crippen LogP contribution in [0.3, 0.4) is 0 Å². The molecule has 0 aliphatic rings. The van der Waals surface area contributed by atoms with Crippen molar-refractivity contribution in [2.24, 2.45) is 0 Å². The minimum Gasteiger partial charge on any atom is -0.466 e. The maximum absolute atomic E-state index is 12.9. The third kappa shape index (κ3) is 3.25. The molecule has 3 rings (SSSR count). The first-order chi connectivity index (χ1) is 11.6. The van der Waals surface area contributed by atoms with Gasteiger partial charge in [-0.25, -0.2) is 0 Å². The van der Waals surface area contributed by atoms with Gasteiger partial charge >= 0.3 is 0 Å². The Hall–Kier alpha value is -2.82. The molecular formula is C19H21N3O2. The van der Waals surface area contributed by atoms with Crippen molar-refractivity contribution in [2.75, 3.05) is 0 Å². The van der Waals surface area contributed by atoms with E-state index in [1.165, 1.54) is 0 Å². The van der Waals surface area contributed by atoms with E-state index in [1.54, 1.807) is 17.1 Å². The van der Waals surface area contributed by atoms with Gasteiger partial charge in [0.05, 0.1) is 6.04 Å². The van der Waals surface area contributed by atoms with Gasteiger partial charge in [0.1, 0.15) is 11.5 Å². The number of benzene rings is 1. The lowest BCUT2D eigenvalue weighted by molar-refractivity contribution is -0.124. The Morgan fingerprint density at radius 2 is 1.96 bits per heavy atom. The first-order valence-electron chi connectivity index (χ1n) is 7.97. The van der Waals surface area contributed by atoms with Gasteiger partial charge in [-0.15, -0.1) is 0 Å². The standard InChI is InChI=1S/C19H21N3O2/c1-13-12-17(15(3)24-13)14(2)21-19(23)18(22-11-7-10-20-22)16-8-5-4-6-9-16/h4-12,14,18H,1-3H3,(H,21,23)/t14-,18-/m1/s1. The van der Waals surface area contributed by atoms with E-state index >= 15 is 0 Å². The van der Waals surface area contributed by atoms with E-state index in [1.807, 2.05) is 63.2 Å². The third-order valence-corrected chi connectivity index (χ3v) is 4.06. The van der Waals surface area contributed by atoms with Crippen LogP contribution in [-0.4, -0.2) is 15.7 Å². The van der Waals surface area contributed by atoms with Crippen LogP contribution in [0.4, 0.5) is 0 Å². The third-order valence-electron chi connectivity index (χ3n) is 4.06. The van der Waals surface area contributed by atoms with Crippen molar-refractivity contribution in [1.29, 1.82) is 0 Å². The maximum Gasteiger partial charge on any atom is 0.249 e. The average Bonchev–Trinajstić information content (AvgIpc) is 3.18. The van der Waals surface area contributed by atoms with E-state index in [0.717, 1.165) is 22.6 Å². The summed E-state index contributed by atoms with van der Waals surface area (Å²) in [6, 6.07) is 12.8. The zero-order chi connectivity index (χ0) is 17.1. The average molecular weight is 323 g/mol. The summed E-state index contributed by atoms with van der Waals surface area (Å²) in [5.41, 5.74) is 1.89. The summed E-state index contributed by atoms with van der Waals surface area (Å²) in [5.74, 6) is 1.57. The van der Waals surface area contributed by atoms with E-state index in [-0.39, 0.29) is 11.9 Å². The molecule has 2 atom stereocenters. The van der Waals surface area contributed by atoms with Crippen molar-refractivity contribution in [3.05, 3.63) is 77.5 Å². The van der Waals surface area contributed by atoms with Gasteiger partial charge < -0.3 is 9.73 Å². The number of nitrogens with zero attached hydrogens (tertiary/aromatic N) is 2. The number of amides is 1. The predicted molar refractivity (Wildman–Crippen MR) is 91.5 cm³/mol. The Balaban J connectivity index is 1.86. The molecule has 1 amide bonds. The molecule has 0 fully saturated rings. The Morgan fingerprint density at radius 3 is 2.54 bits per heavy atom. The van der Waals surface area contributed by atoms with Gasteiger partial charge in [-0.1, -0.05) is 30.3 Å². The Morgan fingerprint density at radius 1 is 1.21 bits per heavy atom. The molecule has 0 saturated carbocycles. The lowest BCUT2D eigenvalue weighted by Crippen LogP contribution is -2.35. The fourth-order valence-electron chi connectivity index (χ4n) is 2.94. The number of carbonyl (C=O) groups excluding carboxylic acids is 1. The SMILES string of the molecule is Cc1cc([C@@H](C)NC(=O)[C@@H](c2ccccc2)n2cccn2)c(C)o1. The number of furan rings is 1. The van der Waals surface area contributed by atoms with Crippen molar-refractivity contribution in [1.82, 2.24) is 15.1 Å². The summed E-state index contributed by atoms with van der Waals surface area (Å²) < 4.78 is 7.24. The highest BCUT2D eigenvalue weighted by atomic mass is 16.3. The van der Waals surface area contributed by atoms with Gasteiger partial charge in [-0.3, -0.25) is 9.48 Å². The molecule has 0 bridgehead atoms. The fraction of sp³-hybridized carbons (Fsp3) is 0.263. The normalized spacial score (nSPS) is 13.5. The summed E-state index contributed by atoms with van der Waals surface area (Å²) in [7, 11) is 0. The molecule has 2 aromatic heterocycles. The van der Waals surface area contributed by atoms with Crippen LogP contribution in [0.25, 0.3) is 0 Å². The minimum atomic E-state index is -0.503. The smallest absolute Gasteiger partial charge is 0.249 e. The van der Waals surface area contributed by atoms with Crippen LogP contribution in [0, 0.1) is 13.8 Å². The second-order valence-electron chi connectivity index (χ2n) is 5.90. The molecule has 1 aromatic carbocycles. The van der Waals surface area contributed by atoms with E-state index in [4.69, 9.17) is 4.42 Å². The highest BCUT2D eigenvalue weighted by Gasteiger charge is 2.25. The predicted octanol–water partition coefficient (Wildman–Crippen LogP) is 3.56. The molecule has 24 heavy (non-hydrogen) atoms. The number of carbonyl (C=O) groups is 1. The second-order valence-corrected chi connectivity index (χ2v) is 5.90. The summed E-state index contributed by atoms with van der Waals surface area (Å²) in [6.45, 7) is 5.77. The lowest BCUT2D eigenvalue weighted by atomic mass is 10.0. The minimum absolute atomic E-state index is 0.101. The van der Waals surface area contributed by atoms with Crippen molar-refractivity contribution in [3.63, 3.8) is 0 Å². The number of hydrogen-bond donors (Lipinski definition) is 1.